The fourth-order valence-electron chi connectivity index (χ4n) is 3.51. The van der Waals surface area contributed by atoms with Crippen molar-refractivity contribution in [3.8, 4) is 10.6 Å². The Balaban J connectivity index is 1.46. The van der Waals surface area contributed by atoms with E-state index in [2.05, 4.69) is 27.2 Å². The van der Waals surface area contributed by atoms with Crippen molar-refractivity contribution in [3.63, 3.8) is 0 Å². The number of hydrogen-bond acceptors (Lipinski definition) is 6. The zero-order valence-electron chi connectivity index (χ0n) is 13.0. The highest BCUT2D eigenvalue weighted by atomic mass is 32.1. The summed E-state index contributed by atoms with van der Waals surface area (Å²) in [5, 5.41) is 20.9. The number of hydrogen-bond donors (Lipinski definition) is 1. The highest BCUT2D eigenvalue weighted by Crippen LogP contribution is 2.37. The number of piperidine rings is 1. The third kappa shape index (κ3) is 2.86. The summed E-state index contributed by atoms with van der Waals surface area (Å²) in [5.74, 6) is 0. The van der Waals surface area contributed by atoms with Crippen molar-refractivity contribution < 1.29 is 9.84 Å². The first-order chi connectivity index (χ1) is 11.3. The van der Waals surface area contributed by atoms with Gasteiger partial charge >= 0.3 is 0 Å². The minimum Gasteiger partial charge on any atom is -0.390 e. The Morgan fingerprint density at radius 2 is 1.96 bits per heavy atom. The highest BCUT2D eigenvalue weighted by molar-refractivity contribution is 7.18. The molecular weight excluding hydrogens is 310 g/mol. The molecular formula is C17H21N3O2S. The van der Waals surface area contributed by atoms with Crippen molar-refractivity contribution in [1.82, 2.24) is 10.2 Å². The molecule has 4 rings (SSSR count). The molecule has 2 aliphatic heterocycles. The van der Waals surface area contributed by atoms with Gasteiger partial charge in [-0.1, -0.05) is 41.7 Å². The minimum absolute atomic E-state index is 0.326. The maximum Gasteiger partial charge on any atom is 0.208 e. The number of ether oxygens (including phenoxy) is 1. The van der Waals surface area contributed by atoms with Gasteiger partial charge in [-0.05, 0) is 25.7 Å². The highest BCUT2D eigenvalue weighted by Gasteiger charge is 2.44. The molecule has 1 N–H and O–H groups in total. The van der Waals surface area contributed by atoms with E-state index in [0.717, 1.165) is 61.1 Å². The third-order valence-electron chi connectivity index (χ3n) is 4.93. The van der Waals surface area contributed by atoms with Crippen molar-refractivity contribution in [1.29, 1.82) is 0 Å². The van der Waals surface area contributed by atoms with Crippen LogP contribution in [0.2, 0.25) is 0 Å². The second-order valence-corrected chi connectivity index (χ2v) is 7.27. The van der Waals surface area contributed by atoms with Crippen LogP contribution in [0.3, 0.4) is 0 Å². The summed E-state index contributed by atoms with van der Waals surface area (Å²) in [7, 11) is 0. The van der Waals surface area contributed by atoms with Gasteiger partial charge < -0.3 is 14.7 Å². The molecule has 0 bridgehead atoms. The monoisotopic (exact) mass is 331 g/mol. The van der Waals surface area contributed by atoms with Gasteiger partial charge in [0.25, 0.3) is 0 Å². The molecule has 23 heavy (non-hydrogen) atoms. The molecule has 122 valence electrons. The van der Waals surface area contributed by atoms with Crippen LogP contribution in [0.15, 0.2) is 30.3 Å². The van der Waals surface area contributed by atoms with Crippen molar-refractivity contribution in [3.05, 3.63) is 30.3 Å². The molecule has 1 unspecified atom stereocenters. The van der Waals surface area contributed by atoms with Crippen LogP contribution in [0.5, 0.6) is 0 Å². The van der Waals surface area contributed by atoms with Crippen LogP contribution < -0.4 is 4.90 Å². The van der Waals surface area contributed by atoms with E-state index in [-0.39, 0.29) is 11.7 Å². The summed E-state index contributed by atoms with van der Waals surface area (Å²) in [6.07, 6.45) is 3.20. The van der Waals surface area contributed by atoms with Crippen LogP contribution >= 0.6 is 11.3 Å². The van der Waals surface area contributed by atoms with Crippen LogP contribution in [0.4, 0.5) is 5.13 Å². The van der Waals surface area contributed by atoms with Crippen molar-refractivity contribution in [2.75, 3.05) is 24.6 Å². The van der Waals surface area contributed by atoms with Crippen LogP contribution in [-0.2, 0) is 4.74 Å². The molecule has 0 radical (unpaired) electrons. The van der Waals surface area contributed by atoms with Crippen molar-refractivity contribution >= 4 is 16.5 Å². The molecule has 2 aromatic rings. The molecule has 5 nitrogen and oxygen atoms in total. The van der Waals surface area contributed by atoms with E-state index in [1.807, 2.05) is 18.2 Å². The summed E-state index contributed by atoms with van der Waals surface area (Å²) in [6, 6.07) is 10.2. The molecule has 0 amide bonds. The molecule has 2 aliphatic rings. The Labute approximate surface area is 139 Å². The summed E-state index contributed by atoms with van der Waals surface area (Å²) in [4.78, 5) is 2.26. The van der Waals surface area contributed by atoms with E-state index < -0.39 is 0 Å². The quantitative estimate of drug-likeness (QED) is 0.917. The Hall–Kier alpha value is -1.50. The number of rotatable bonds is 2. The summed E-state index contributed by atoms with van der Waals surface area (Å²) >= 11 is 1.63. The van der Waals surface area contributed by atoms with Crippen LogP contribution in [0.25, 0.3) is 10.6 Å². The number of anilines is 1. The second-order valence-electron chi connectivity index (χ2n) is 6.31. The minimum atomic E-state index is -0.332. The number of benzene rings is 1. The van der Waals surface area contributed by atoms with E-state index in [1.54, 1.807) is 11.3 Å². The Morgan fingerprint density at radius 1 is 1.17 bits per heavy atom. The van der Waals surface area contributed by atoms with Gasteiger partial charge in [0.15, 0.2) is 0 Å². The number of aliphatic hydroxyl groups excluding tert-OH is 1. The summed E-state index contributed by atoms with van der Waals surface area (Å²) < 4.78 is 5.97. The third-order valence-corrected chi connectivity index (χ3v) is 5.97. The van der Waals surface area contributed by atoms with Gasteiger partial charge in [-0.3, -0.25) is 0 Å². The first-order valence-corrected chi connectivity index (χ1v) is 9.04. The molecule has 2 saturated heterocycles. The van der Waals surface area contributed by atoms with Gasteiger partial charge in [-0.25, -0.2) is 0 Å². The van der Waals surface area contributed by atoms with E-state index in [0.29, 0.717) is 0 Å². The first-order valence-electron chi connectivity index (χ1n) is 8.23. The van der Waals surface area contributed by atoms with E-state index >= 15 is 0 Å². The number of nitrogens with zero attached hydrogens (tertiary/aromatic N) is 3. The van der Waals surface area contributed by atoms with E-state index in [9.17, 15) is 5.11 Å². The van der Waals surface area contributed by atoms with Gasteiger partial charge in [-0.15, -0.1) is 10.2 Å². The zero-order valence-corrected chi connectivity index (χ0v) is 13.8. The SMILES string of the molecule is OC1CCCOC12CCN(c1nnc(-c3ccccc3)s1)CC2. The lowest BCUT2D eigenvalue weighted by atomic mass is 9.82. The van der Waals surface area contributed by atoms with Crippen molar-refractivity contribution in [2.45, 2.75) is 37.4 Å². The smallest absolute Gasteiger partial charge is 0.208 e. The lowest BCUT2D eigenvalue weighted by Gasteiger charge is -2.46. The molecule has 3 heterocycles. The molecule has 1 atom stereocenters. The molecule has 1 aromatic heterocycles. The predicted octanol–water partition coefficient (Wildman–Crippen LogP) is 2.72. The average molecular weight is 331 g/mol. The maximum absolute atomic E-state index is 10.3. The van der Waals surface area contributed by atoms with Gasteiger partial charge in [0.1, 0.15) is 5.01 Å². The summed E-state index contributed by atoms with van der Waals surface area (Å²) in [5.41, 5.74) is 0.776. The standard InChI is InChI=1S/C17H21N3O2S/c21-14-7-4-12-22-17(14)8-10-20(11-9-17)16-19-18-15(23-16)13-5-2-1-3-6-13/h1-3,5-6,14,21H,4,7-12H2. The second kappa shape index (κ2) is 6.19. The van der Waals surface area contributed by atoms with Gasteiger partial charge in [0.05, 0.1) is 11.7 Å². The van der Waals surface area contributed by atoms with E-state index in [4.69, 9.17) is 4.74 Å². The van der Waals surface area contributed by atoms with Gasteiger partial charge in [-0.2, -0.15) is 0 Å². The predicted molar refractivity (Wildman–Crippen MR) is 90.7 cm³/mol. The molecule has 1 aromatic carbocycles. The Bertz CT molecular complexity index is 653. The molecule has 0 aliphatic carbocycles. The largest absolute Gasteiger partial charge is 0.390 e. The molecule has 0 saturated carbocycles. The van der Waals surface area contributed by atoms with E-state index in [1.165, 1.54) is 0 Å². The van der Waals surface area contributed by atoms with Crippen LogP contribution in [-0.4, -0.2) is 46.7 Å². The normalized spacial score (nSPS) is 24.0. The summed E-state index contributed by atoms with van der Waals surface area (Å²) in [6.45, 7) is 2.50. The van der Waals surface area contributed by atoms with Gasteiger partial charge in [0, 0.05) is 25.3 Å². The maximum atomic E-state index is 10.3. The van der Waals surface area contributed by atoms with Gasteiger partial charge in [0.2, 0.25) is 5.13 Å². The average Bonchev–Trinajstić information content (AvgIpc) is 3.09. The molecule has 2 fully saturated rings. The first kappa shape index (κ1) is 15.1. The Morgan fingerprint density at radius 3 is 2.70 bits per heavy atom. The van der Waals surface area contributed by atoms with Crippen LogP contribution in [0, 0.1) is 0 Å². The lowest BCUT2D eigenvalue weighted by molar-refractivity contribution is -0.164. The fourth-order valence-corrected chi connectivity index (χ4v) is 4.41. The van der Waals surface area contributed by atoms with Crippen molar-refractivity contribution in [2.24, 2.45) is 0 Å². The number of aromatic nitrogens is 2. The number of aliphatic hydroxyl groups is 1. The Kier molecular flexibility index (Phi) is 4.05. The zero-order chi connectivity index (χ0) is 15.7. The molecule has 6 heteroatoms. The lowest BCUT2D eigenvalue weighted by Crippen LogP contribution is -2.55. The van der Waals surface area contributed by atoms with Crippen LogP contribution in [0.1, 0.15) is 25.7 Å². The topological polar surface area (TPSA) is 58.5 Å². The fraction of sp³-hybridized carbons (Fsp3) is 0.529. The molecule has 1 spiro atoms.